The number of hydrogen-bond acceptors (Lipinski definition) is 4. The predicted octanol–water partition coefficient (Wildman–Crippen LogP) is 2.64. The first-order chi connectivity index (χ1) is 11.3. The van der Waals surface area contributed by atoms with Gasteiger partial charge < -0.3 is 20.1 Å². The lowest BCUT2D eigenvalue weighted by Crippen LogP contribution is -2.33. The van der Waals surface area contributed by atoms with Crippen molar-refractivity contribution >= 4 is 23.4 Å². The monoisotopic (exact) mass is 356 g/mol. The van der Waals surface area contributed by atoms with Crippen LogP contribution in [0.15, 0.2) is 12.1 Å². The maximum Gasteiger partial charge on any atom is 0.251 e. The van der Waals surface area contributed by atoms with Gasteiger partial charge in [-0.05, 0) is 24.5 Å². The highest BCUT2D eigenvalue weighted by Crippen LogP contribution is 2.36. The number of amides is 2. The van der Waals surface area contributed by atoms with Crippen molar-refractivity contribution in [3.63, 3.8) is 0 Å². The molecule has 0 aliphatic carbocycles. The number of benzene rings is 1. The molecule has 2 N–H and O–H groups in total. The third-order valence-corrected chi connectivity index (χ3v) is 3.50. The van der Waals surface area contributed by atoms with E-state index in [2.05, 4.69) is 24.5 Å². The van der Waals surface area contributed by atoms with Crippen molar-refractivity contribution in [2.45, 2.75) is 27.2 Å². The fourth-order valence-electron chi connectivity index (χ4n) is 1.90. The number of halogens is 1. The highest BCUT2D eigenvalue weighted by atomic mass is 35.5. The highest BCUT2D eigenvalue weighted by Gasteiger charge is 2.16. The molecule has 0 radical (unpaired) electrons. The van der Waals surface area contributed by atoms with Crippen LogP contribution in [0.2, 0.25) is 5.02 Å². The molecule has 0 atom stereocenters. The van der Waals surface area contributed by atoms with Gasteiger partial charge >= 0.3 is 0 Å². The minimum Gasteiger partial charge on any atom is -0.493 e. The molecule has 2 amide bonds. The molecule has 1 rings (SSSR count). The van der Waals surface area contributed by atoms with Gasteiger partial charge in [0.05, 0.1) is 18.7 Å². The topological polar surface area (TPSA) is 76.7 Å². The Bertz CT molecular complexity index is 576. The van der Waals surface area contributed by atoms with E-state index in [1.165, 1.54) is 14.0 Å². The standard InChI is InChI=1S/C17H25ClN2O4/c1-11(2)5-8-24-16-14(18)9-13(10-15(16)23-4)17(22)20-7-6-19-12(3)21/h9-11H,5-8H2,1-4H3,(H,19,21)(H,20,22). The smallest absolute Gasteiger partial charge is 0.251 e. The molecule has 7 heteroatoms. The van der Waals surface area contributed by atoms with Gasteiger partial charge in [-0.15, -0.1) is 0 Å². The average molecular weight is 357 g/mol. The SMILES string of the molecule is COc1cc(C(=O)NCCNC(C)=O)cc(Cl)c1OCCC(C)C. The van der Waals surface area contributed by atoms with Crippen molar-refractivity contribution in [3.8, 4) is 11.5 Å². The summed E-state index contributed by atoms with van der Waals surface area (Å²) >= 11 is 6.23. The van der Waals surface area contributed by atoms with Gasteiger partial charge in [-0.1, -0.05) is 25.4 Å². The summed E-state index contributed by atoms with van der Waals surface area (Å²) in [7, 11) is 1.50. The summed E-state index contributed by atoms with van der Waals surface area (Å²) in [5.74, 6) is 0.933. The first-order valence-corrected chi connectivity index (χ1v) is 8.26. The molecule has 6 nitrogen and oxygen atoms in total. The van der Waals surface area contributed by atoms with Crippen LogP contribution in [-0.2, 0) is 4.79 Å². The number of rotatable bonds is 9. The molecule has 0 fully saturated rings. The summed E-state index contributed by atoms with van der Waals surface area (Å²) in [5, 5.41) is 5.63. The van der Waals surface area contributed by atoms with Gasteiger partial charge in [-0.25, -0.2) is 0 Å². The van der Waals surface area contributed by atoms with Crippen LogP contribution in [0.25, 0.3) is 0 Å². The Morgan fingerprint density at radius 1 is 1.21 bits per heavy atom. The first kappa shape index (κ1) is 20.1. The normalized spacial score (nSPS) is 10.4. The van der Waals surface area contributed by atoms with Gasteiger partial charge in [0.1, 0.15) is 0 Å². The van der Waals surface area contributed by atoms with E-state index >= 15 is 0 Å². The zero-order chi connectivity index (χ0) is 18.1. The second kappa shape index (κ2) is 10.0. The second-order valence-electron chi connectivity index (χ2n) is 5.76. The number of methoxy groups -OCH3 is 1. The minimum absolute atomic E-state index is 0.142. The minimum atomic E-state index is -0.297. The Morgan fingerprint density at radius 3 is 2.46 bits per heavy atom. The fraction of sp³-hybridized carbons (Fsp3) is 0.529. The molecular weight excluding hydrogens is 332 g/mol. The number of hydrogen-bond donors (Lipinski definition) is 2. The Labute approximate surface area is 147 Å². The summed E-state index contributed by atoms with van der Waals surface area (Å²) in [4.78, 5) is 22.9. The Morgan fingerprint density at radius 2 is 1.88 bits per heavy atom. The zero-order valence-electron chi connectivity index (χ0n) is 14.6. The van der Waals surface area contributed by atoms with E-state index in [1.807, 2.05) is 0 Å². The van der Waals surface area contributed by atoms with Gasteiger partial charge in [0.25, 0.3) is 5.91 Å². The van der Waals surface area contributed by atoms with E-state index < -0.39 is 0 Å². The van der Waals surface area contributed by atoms with E-state index in [0.29, 0.717) is 47.7 Å². The lowest BCUT2D eigenvalue weighted by Gasteiger charge is -2.15. The molecule has 0 heterocycles. The molecule has 0 aromatic heterocycles. The number of nitrogens with one attached hydrogen (secondary N) is 2. The molecule has 0 aliphatic heterocycles. The third-order valence-electron chi connectivity index (χ3n) is 3.22. The van der Waals surface area contributed by atoms with Crippen molar-refractivity contribution in [2.75, 3.05) is 26.8 Å². The van der Waals surface area contributed by atoms with E-state index in [4.69, 9.17) is 21.1 Å². The summed E-state index contributed by atoms with van der Waals surface area (Å²) in [5.41, 5.74) is 0.371. The third kappa shape index (κ3) is 6.66. The van der Waals surface area contributed by atoms with Crippen LogP contribution in [0.4, 0.5) is 0 Å². The summed E-state index contributed by atoms with van der Waals surface area (Å²) in [6.07, 6.45) is 0.894. The van der Waals surface area contributed by atoms with E-state index in [-0.39, 0.29) is 11.8 Å². The highest BCUT2D eigenvalue weighted by molar-refractivity contribution is 6.32. The molecule has 1 aromatic rings. The Hall–Kier alpha value is -1.95. The van der Waals surface area contributed by atoms with Crippen molar-refractivity contribution in [3.05, 3.63) is 22.7 Å². The molecule has 0 saturated heterocycles. The molecule has 1 aromatic carbocycles. The number of carbonyl (C=O) groups is 2. The van der Waals surface area contributed by atoms with Crippen molar-refractivity contribution in [1.82, 2.24) is 10.6 Å². The quantitative estimate of drug-likeness (QED) is 0.667. The van der Waals surface area contributed by atoms with E-state index in [1.54, 1.807) is 12.1 Å². The second-order valence-corrected chi connectivity index (χ2v) is 6.17. The molecular formula is C17H25ClN2O4. The van der Waals surface area contributed by atoms with Gasteiger partial charge in [0.15, 0.2) is 11.5 Å². The van der Waals surface area contributed by atoms with Crippen LogP contribution >= 0.6 is 11.6 Å². The number of carbonyl (C=O) groups excluding carboxylic acids is 2. The summed E-state index contributed by atoms with van der Waals surface area (Å²) in [6, 6.07) is 3.13. The summed E-state index contributed by atoms with van der Waals surface area (Å²) < 4.78 is 11.0. The zero-order valence-corrected chi connectivity index (χ0v) is 15.3. The van der Waals surface area contributed by atoms with Crippen LogP contribution in [0.5, 0.6) is 11.5 Å². The van der Waals surface area contributed by atoms with E-state index in [9.17, 15) is 9.59 Å². The van der Waals surface area contributed by atoms with Crippen LogP contribution < -0.4 is 20.1 Å². The molecule has 24 heavy (non-hydrogen) atoms. The maximum atomic E-state index is 12.1. The largest absolute Gasteiger partial charge is 0.493 e. The maximum absolute atomic E-state index is 12.1. The van der Waals surface area contributed by atoms with Crippen molar-refractivity contribution in [2.24, 2.45) is 5.92 Å². The predicted molar refractivity (Wildman–Crippen MR) is 94.0 cm³/mol. The average Bonchev–Trinajstić information content (AvgIpc) is 2.51. The lowest BCUT2D eigenvalue weighted by atomic mass is 10.1. The molecule has 0 aliphatic rings. The Kier molecular flexibility index (Phi) is 8.40. The first-order valence-electron chi connectivity index (χ1n) is 7.88. The lowest BCUT2D eigenvalue weighted by molar-refractivity contribution is -0.118. The van der Waals surface area contributed by atoms with E-state index in [0.717, 1.165) is 6.42 Å². The van der Waals surface area contributed by atoms with Crippen LogP contribution in [0, 0.1) is 5.92 Å². The van der Waals surface area contributed by atoms with Gasteiger partial charge in [0, 0.05) is 25.6 Å². The molecule has 0 spiro atoms. The van der Waals surface area contributed by atoms with Crippen LogP contribution in [-0.4, -0.2) is 38.6 Å². The van der Waals surface area contributed by atoms with Crippen LogP contribution in [0.1, 0.15) is 37.6 Å². The molecule has 0 unspecified atom stereocenters. The molecule has 134 valence electrons. The van der Waals surface area contributed by atoms with Crippen LogP contribution in [0.3, 0.4) is 0 Å². The Balaban J connectivity index is 2.74. The fourth-order valence-corrected chi connectivity index (χ4v) is 2.17. The van der Waals surface area contributed by atoms with Gasteiger partial charge in [-0.3, -0.25) is 9.59 Å². The van der Waals surface area contributed by atoms with Gasteiger partial charge in [-0.2, -0.15) is 0 Å². The summed E-state index contributed by atoms with van der Waals surface area (Å²) in [6.45, 7) is 6.85. The molecule has 0 saturated carbocycles. The van der Waals surface area contributed by atoms with Gasteiger partial charge in [0.2, 0.25) is 5.91 Å². The van der Waals surface area contributed by atoms with Crippen molar-refractivity contribution < 1.29 is 19.1 Å². The molecule has 0 bridgehead atoms. The van der Waals surface area contributed by atoms with Crippen molar-refractivity contribution in [1.29, 1.82) is 0 Å². The number of ether oxygens (including phenoxy) is 2.